The third-order valence-electron chi connectivity index (χ3n) is 11.1. The predicted molar refractivity (Wildman–Crippen MR) is 193 cm³/mol. The van der Waals surface area contributed by atoms with Gasteiger partial charge in [0.15, 0.2) is 0 Å². The molecule has 0 amide bonds. The Hall–Kier alpha value is -5.11. The highest BCUT2D eigenvalue weighted by Crippen LogP contribution is 2.66. The average molecular weight is 601 g/mol. The van der Waals surface area contributed by atoms with Crippen LogP contribution in [-0.2, 0) is 5.41 Å². The maximum absolute atomic E-state index is 2.55. The van der Waals surface area contributed by atoms with Gasteiger partial charge in [0.1, 0.15) is 0 Å². The van der Waals surface area contributed by atoms with Gasteiger partial charge in [0.2, 0.25) is 0 Å². The predicted octanol–water partition coefficient (Wildman–Crippen LogP) is 12.1. The largest absolute Gasteiger partial charge is 0.0888 e. The van der Waals surface area contributed by atoms with E-state index in [0.29, 0.717) is 5.92 Å². The molecule has 4 aliphatic rings. The van der Waals surface area contributed by atoms with Crippen LogP contribution in [0.4, 0.5) is 0 Å². The highest BCUT2D eigenvalue weighted by molar-refractivity contribution is 7.99. The first-order valence-electron chi connectivity index (χ1n) is 16.3. The fraction of sp³-hybridized carbons (Fsp3) is 0.0667. The van der Waals surface area contributed by atoms with Crippen molar-refractivity contribution < 1.29 is 0 Å². The molecular formula is C45H28S. The van der Waals surface area contributed by atoms with Crippen LogP contribution in [-0.4, -0.2) is 0 Å². The van der Waals surface area contributed by atoms with Crippen LogP contribution in [0.5, 0.6) is 0 Å². The van der Waals surface area contributed by atoms with Crippen LogP contribution < -0.4 is 0 Å². The molecule has 0 fully saturated rings. The number of fused-ring (bicyclic) bond motifs is 11. The summed E-state index contributed by atoms with van der Waals surface area (Å²) in [6.45, 7) is 0. The zero-order valence-electron chi connectivity index (χ0n) is 25.1. The fourth-order valence-corrected chi connectivity index (χ4v) is 10.5. The van der Waals surface area contributed by atoms with E-state index in [1.807, 2.05) is 11.8 Å². The Kier molecular flexibility index (Phi) is 4.91. The van der Waals surface area contributed by atoms with E-state index in [-0.39, 0.29) is 5.41 Å². The van der Waals surface area contributed by atoms with Gasteiger partial charge in [0, 0.05) is 21.1 Å². The molecule has 1 heteroatoms. The minimum Gasteiger partial charge on any atom is -0.0888 e. The summed E-state index contributed by atoms with van der Waals surface area (Å²) in [5.74, 6) is 0.324. The summed E-state index contributed by atoms with van der Waals surface area (Å²) in [4.78, 5) is 2.68. The van der Waals surface area contributed by atoms with Gasteiger partial charge in [-0.1, -0.05) is 139 Å². The summed E-state index contributed by atoms with van der Waals surface area (Å²) in [6, 6.07) is 53.2. The molecule has 46 heavy (non-hydrogen) atoms. The molecule has 11 rings (SSSR count). The SMILES string of the molecule is C1=Cc2cccc3c2C(C1)C1(c2ccccc2-c2ccc(-c4ccc5c(c4)-c4cccc6cccc(c46)S5)cc21)c1ccccc1-3. The van der Waals surface area contributed by atoms with Gasteiger partial charge >= 0.3 is 0 Å². The van der Waals surface area contributed by atoms with Crippen molar-refractivity contribution in [3.05, 3.63) is 173 Å². The van der Waals surface area contributed by atoms with Crippen molar-refractivity contribution in [1.82, 2.24) is 0 Å². The Morgan fingerprint density at radius 3 is 2.04 bits per heavy atom. The number of allylic oxidation sites excluding steroid dienone is 1. The average Bonchev–Trinajstić information content (AvgIpc) is 3.41. The fourth-order valence-electron chi connectivity index (χ4n) is 9.34. The molecular weight excluding hydrogens is 573 g/mol. The van der Waals surface area contributed by atoms with Crippen molar-refractivity contribution in [3.8, 4) is 44.5 Å². The van der Waals surface area contributed by atoms with E-state index < -0.39 is 0 Å². The zero-order valence-corrected chi connectivity index (χ0v) is 25.9. The van der Waals surface area contributed by atoms with Crippen LogP contribution in [0.15, 0.2) is 155 Å². The standard InChI is InChI=1S/C45H28S/c1-3-17-37-31(13-1)33-23-21-30(29-22-24-41-36(25-29)35-16-6-10-28-12-8-20-42(46-41)44(28)35)26-40(33)45(37)38-18-4-2-14-32(38)34-15-5-9-27-11-7-19-39(45)43(27)34/h1-18,20-26,39H,19H2. The lowest BCUT2D eigenvalue weighted by Crippen LogP contribution is -2.38. The molecule has 0 saturated heterocycles. The van der Waals surface area contributed by atoms with E-state index in [1.54, 1.807) is 0 Å². The minimum absolute atomic E-state index is 0.263. The molecule has 7 aromatic rings. The second kappa shape index (κ2) is 9.00. The number of rotatable bonds is 1. The summed E-state index contributed by atoms with van der Waals surface area (Å²) in [5.41, 5.74) is 17.7. The Balaban J connectivity index is 1.18. The number of hydrogen-bond acceptors (Lipinski definition) is 1. The molecule has 3 aliphatic carbocycles. The molecule has 1 heterocycles. The minimum atomic E-state index is -0.263. The van der Waals surface area contributed by atoms with Gasteiger partial charge in [-0.25, -0.2) is 0 Å². The molecule has 0 aromatic heterocycles. The highest BCUT2D eigenvalue weighted by Gasteiger charge is 2.54. The second-order valence-corrected chi connectivity index (χ2v) is 14.2. The molecule has 2 unspecified atom stereocenters. The second-order valence-electron chi connectivity index (χ2n) is 13.1. The molecule has 0 saturated carbocycles. The smallest absolute Gasteiger partial charge is 0.0541 e. The van der Waals surface area contributed by atoms with Crippen molar-refractivity contribution in [1.29, 1.82) is 0 Å². The molecule has 1 aliphatic heterocycles. The summed E-state index contributed by atoms with van der Waals surface area (Å²) < 4.78 is 0. The molecule has 0 radical (unpaired) electrons. The van der Waals surface area contributed by atoms with Crippen LogP contribution in [0.25, 0.3) is 61.4 Å². The first-order valence-corrected chi connectivity index (χ1v) is 17.1. The Labute approximate surface area is 273 Å². The van der Waals surface area contributed by atoms with Gasteiger partial charge in [0.25, 0.3) is 0 Å². The number of benzene rings is 7. The summed E-state index contributed by atoms with van der Waals surface area (Å²) in [5, 5.41) is 2.69. The summed E-state index contributed by atoms with van der Waals surface area (Å²) >= 11 is 1.90. The van der Waals surface area contributed by atoms with Gasteiger partial charge in [-0.2, -0.15) is 0 Å². The van der Waals surface area contributed by atoms with Crippen LogP contribution in [0.2, 0.25) is 0 Å². The van der Waals surface area contributed by atoms with Gasteiger partial charge < -0.3 is 0 Å². The van der Waals surface area contributed by atoms with E-state index in [4.69, 9.17) is 0 Å². The van der Waals surface area contributed by atoms with E-state index >= 15 is 0 Å². The van der Waals surface area contributed by atoms with Crippen LogP contribution in [0.3, 0.4) is 0 Å². The van der Waals surface area contributed by atoms with Crippen molar-refractivity contribution >= 4 is 28.6 Å². The summed E-state index contributed by atoms with van der Waals surface area (Å²) in [6.07, 6.45) is 5.78. The van der Waals surface area contributed by atoms with Crippen molar-refractivity contribution in [2.45, 2.75) is 27.5 Å². The van der Waals surface area contributed by atoms with E-state index in [9.17, 15) is 0 Å². The third kappa shape index (κ3) is 3.07. The highest BCUT2D eigenvalue weighted by atomic mass is 32.2. The summed E-state index contributed by atoms with van der Waals surface area (Å²) in [7, 11) is 0. The zero-order chi connectivity index (χ0) is 30.0. The first kappa shape index (κ1) is 25.1. The van der Waals surface area contributed by atoms with Crippen LogP contribution in [0, 0.1) is 0 Å². The molecule has 1 spiro atoms. The maximum Gasteiger partial charge on any atom is 0.0541 e. The lowest BCUT2D eigenvalue weighted by molar-refractivity contribution is 0.483. The van der Waals surface area contributed by atoms with Crippen molar-refractivity contribution in [2.24, 2.45) is 0 Å². The first-order chi connectivity index (χ1) is 22.8. The topological polar surface area (TPSA) is 0 Å². The molecule has 2 atom stereocenters. The van der Waals surface area contributed by atoms with Crippen molar-refractivity contribution in [3.63, 3.8) is 0 Å². The lowest BCUT2D eigenvalue weighted by atomic mass is 9.54. The lowest BCUT2D eigenvalue weighted by Gasteiger charge is -2.47. The monoisotopic (exact) mass is 600 g/mol. The van der Waals surface area contributed by atoms with Gasteiger partial charge in [-0.05, 0) is 108 Å². The van der Waals surface area contributed by atoms with E-state index in [0.717, 1.165) is 6.42 Å². The Morgan fingerprint density at radius 1 is 0.500 bits per heavy atom. The molecule has 0 bridgehead atoms. The van der Waals surface area contributed by atoms with E-state index in [1.165, 1.54) is 92.9 Å². The van der Waals surface area contributed by atoms with E-state index in [2.05, 4.69) is 152 Å². The molecule has 0 N–H and O–H groups in total. The van der Waals surface area contributed by atoms with Crippen LogP contribution >= 0.6 is 11.8 Å². The normalized spacial score (nSPS) is 18.9. The van der Waals surface area contributed by atoms with Crippen molar-refractivity contribution in [2.75, 3.05) is 0 Å². The van der Waals surface area contributed by atoms with Gasteiger partial charge in [0.05, 0.1) is 5.41 Å². The maximum atomic E-state index is 2.55. The van der Waals surface area contributed by atoms with Gasteiger partial charge in [-0.15, -0.1) is 0 Å². The molecule has 214 valence electrons. The van der Waals surface area contributed by atoms with Crippen LogP contribution in [0.1, 0.15) is 40.2 Å². The molecule has 7 aromatic carbocycles. The Bertz CT molecular complexity index is 2490. The third-order valence-corrected chi connectivity index (χ3v) is 12.2. The molecule has 0 nitrogen and oxygen atoms in total. The Morgan fingerprint density at radius 2 is 1.17 bits per heavy atom. The quantitative estimate of drug-likeness (QED) is 0.181. The number of hydrogen-bond donors (Lipinski definition) is 0. The van der Waals surface area contributed by atoms with Gasteiger partial charge in [-0.3, -0.25) is 0 Å².